The molecule has 1 aromatic carbocycles. The first kappa shape index (κ1) is 18.8. The predicted octanol–water partition coefficient (Wildman–Crippen LogP) is 2.54. The lowest BCUT2D eigenvalue weighted by molar-refractivity contribution is -0.125. The van der Waals surface area contributed by atoms with E-state index in [9.17, 15) is 4.79 Å². The molecule has 29 heavy (non-hydrogen) atoms. The third kappa shape index (κ3) is 5.04. The van der Waals surface area contributed by atoms with Gasteiger partial charge >= 0.3 is 0 Å². The molecule has 0 unspecified atom stereocenters. The third-order valence-electron chi connectivity index (χ3n) is 4.97. The van der Waals surface area contributed by atoms with Gasteiger partial charge < -0.3 is 15.5 Å². The number of amides is 1. The Hall–Kier alpha value is -3.55. The molecule has 1 amide bonds. The molecule has 2 N–H and O–H groups in total. The Balaban J connectivity index is 1.26. The summed E-state index contributed by atoms with van der Waals surface area (Å²) in [6, 6.07) is 13.8. The quantitative estimate of drug-likeness (QED) is 0.669. The lowest BCUT2D eigenvalue weighted by Crippen LogP contribution is -2.40. The molecule has 3 heterocycles. The van der Waals surface area contributed by atoms with Gasteiger partial charge in [-0.05, 0) is 30.5 Å². The van der Waals surface area contributed by atoms with Crippen LogP contribution in [-0.4, -0.2) is 39.2 Å². The fourth-order valence-corrected chi connectivity index (χ4v) is 3.36. The second-order valence-corrected chi connectivity index (χ2v) is 6.96. The fourth-order valence-electron chi connectivity index (χ4n) is 3.36. The Bertz CT molecular complexity index is 911. The van der Waals surface area contributed by atoms with Crippen molar-refractivity contribution in [1.82, 2.24) is 25.5 Å². The number of nitrogens with zero attached hydrogens (tertiary/aromatic N) is 5. The smallest absolute Gasteiger partial charge is 0.223 e. The average molecular weight is 389 g/mol. The summed E-state index contributed by atoms with van der Waals surface area (Å²) in [6.45, 7) is 2.15. The summed E-state index contributed by atoms with van der Waals surface area (Å²) >= 11 is 0. The van der Waals surface area contributed by atoms with Crippen molar-refractivity contribution in [3.05, 3.63) is 66.6 Å². The monoisotopic (exact) mass is 389 g/mol. The van der Waals surface area contributed by atoms with Crippen LogP contribution in [0, 0.1) is 5.92 Å². The van der Waals surface area contributed by atoms with Crippen LogP contribution in [0.3, 0.4) is 0 Å². The zero-order valence-electron chi connectivity index (χ0n) is 16.0. The van der Waals surface area contributed by atoms with Crippen molar-refractivity contribution >= 4 is 23.4 Å². The van der Waals surface area contributed by atoms with E-state index in [1.807, 2.05) is 42.5 Å². The van der Waals surface area contributed by atoms with Crippen molar-refractivity contribution in [2.75, 3.05) is 23.3 Å². The lowest BCUT2D eigenvalue weighted by atomic mass is 9.96. The average Bonchev–Trinajstić information content (AvgIpc) is 2.79. The summed E-state index contributed by atoms with van der Waals surface area (Å²) in [5.41, 5.74) is 1.11. The molecule has 0 aliphatic carbocycles. The van der Waals surface area contributed by atoms with Gasteiger partial charge in [-0.3, -0.25) is 9.78 Å². The Morgan fingerprint density at radius 3 is 2.52 bits per heavy atom. The highest BCUT2D eigenvalue weighted by Gasteiger charge is 2.25. The van der Waals surface area contributed by atoms with Crippen molar-refractivity contribution in [1.29, 1.82) is 0 Å². The topological polar surface area (TPSA) is 95.9 Å². The highest BCUT2D eigenvalue weighted by Crippen LogP contribution is 2.22. The number of carbonyl (C=O) groups excluding carboxylic acids is 1. The number of rotatable bonds is 6. The molecule has 3 aromatic rings. The fraction of sp³-hybridized carbons (Fsp3) is 0.286. The second-order valence-electron chi connectivity index (χ2n) is 6.96. The molecule has 1 aliphatic rings. The minimum Gasteiger partial charge on any atom is -0.355 e. The van der Waals surface area contributed by atoms with Crippen molar-refractivity contribution in [3.8, 4) is 0 Å². The van der Waals surface area contributed by atoms with E-state index in [1.165, 1.54) is 0 Å². The van der Waals surface area contributed by atoms with Crippen LogP contribution in [0.15, 0.2) is 61.1 Å². The maximum absolute atomic E-state index is 12.5. The van der Waals surface area contributed by atoms with Crippen LogP contribution in [0.4, 0.5) is 17.5 Å². The molecule has 0 radical (unpaired) electrons. The molecule has 0 saturated carbocycles. The zero-order valence-corrected chi connectivity index (χ0v) is 16.0. The normalized spacial score (nSPS) is 14.4. The Morgan fingerprint density at radius 1 is 1.00 bits per heavy atom. The minimum absolute atomic E-state index is 0.0421. The first-order valence-corrected chi connectivity index (χ1v) is 9.71. The van der Waals surface area contributed by atoms with E-state index >= 15 is 0 Å². The molecule has 4 rings (SSSR count). The summed E-state index contributed by atoms with van der Waals surface area (Å²) in [6.07, 6.45) is 6.48. The number of benzene rings is 1. The number of anilines is 3. The van der Waals surface area contributed by atoms with E-state index in [1.54, 1.807) is 18.6 Å². The Kier molecular flexibility index (Phi) is 5.89. The molecule has 8 heteroatoms. The number of piperidine rings is 1. The maximum atomic E-state index is 12.5. The van der Waals surface area contributed by atoms with Crippen molar-refractivity contribution in [2.24, 2.45) is 5.92 Å². The van der Waals surface area contributed by atoms with Crippen molar-refractivity contribution in [3.63, 3.8) is 0 Å². The van der Waals surface area contributed by atoms with Crippen LogP contribution >= 0.6 is 0 Å². The number of nitrogens with one attached hydrogen (secondary N) is 2. The maximum Gasteiger partial charge on any atom is 0.223 e. The zero-order chi connectivity index (χ0) is 19.9. The molecule has 0 atom stereocenters. The highest BCUT2D eigenvalue weighted by atomic mass is 16.1. The summed E-state index contributed by atoms with van der Waals surface area (Å²) in [5, 5.41) is 14.6. The van der Waals surface area contributed by atoms with Gasteiger partial charge in [-0.1, -0.05) is 30.3 Å². The second kappa shape index (κ2) is 9.09. The van der Waals surface area contributed by atoms with E-state index in [0.717, 1.165) is 37.3 Å². The predicted molar refractivity (Wildman–Crippen MR) is 111 cm³/mol. The number of carbonyl (C=O) groups is 1. The van der Waals surface area contributed by atoms with Crippen LogP contribution in [0.2, 0.25) is 0 Å². The standard InChI is InChI=1S/C21H23N7O/c29-21(24-14-16-4-2-1-3-5-16)17-8-12-28(13-9-17)20-7-6-18(26-27-20)25-19-15-22-10-11-23-19/h1-7,10-11,15,17H,8-9,12-14H2,(H,24,29)(H,23,25,26). The molecule has 1 saturated heterocycles. The van der Waals surface area contributed by atoms with Gasteiger partial charge in [0.15, 0.2) is 11.6 Å². The van der Waals surface area contributed by atoms with Crippen LogP contribution < -0.4 is 15.5 Å². The number of hydrogen-bond donors (Lipinski definition) is 2. The molecular formula is C21H23N7O. The summed E-state index contributed by atoms with van der Waals surface area (Å²) in [4.78, 5) is 22.8. The molecule has 2 aromatic heterocycles. The first-order chi connectivity index (χ1) is 14.3. The van der Waals surface area contributed by atoms with Gasteiger partial charge in [0.25, 0.3) is 0 Å². The lowest BCUT2D eigenvalue weighted by Gasteiger charge is -2.31. The molecule has 148 valence electrons. The summed E-state index contributed by atoms with van der Waals surface area (Å²) in [5.74, 6) is 2.22. The summed E-state index contributed by atoms with van der Waals surface area (Å²) in [7, 11) is 0. The van der Waals surface area contributed by atoms with E-state index in [4.69, 9.17) is 0 Å². The summed E-state index contributed by atoms with van der Waals surface area (Å²) < 4.78 is 0. The SMILES string of the molecule is O=C(NCc1ccccc1)C1CCN(c2ccc(Nc3cnccn3)nn2)CC1. The molecule has 0 spiro atoms. The van der Waals surface area contributed by atoms with Gasteiger partial charge in [-0.2, -0.15) is 0 Å². The van der Waals surface area contributed by atoms with E-state index in [0.29, 0.717) is 18.2 Å². The number of aromatic nitrogens is 4. The van der Waals surface area contributed by atoms with Crippen molar-refractivity contribution < 1.29 is 4.79 Å². The molecule has 1 fully saturated rings. The van der Waals surface area contributed by atoms with Crippen molar-refractivity contribution in [2.45, 2.75) is 19.4 Å². The van der Waals surface area contributed by atoms with Crippen LogP contribution in [0.1, 0.15) is 18.4 Å². The largest absolute Gasteiger partial charge is 0.355 e. The molecular weight excluding hydrogens is 366 g/mol. The Labute approximate surface area is 169 Å². The molecule has 1 aliphatic heterocycles. The van der Waals surface area contributed by atoms with E-state index < -0.39 is 0 Å². The van der Waals surface area contributed by atoms with Gasteiger partial charge in [0.05, 0.1) is 6.20 Å². The van der Waals surface area contributed by atoms with E-state index in [-0.39, 0.29) is 11.8 Å². The third-order valence-corrected chi connectivity index (χ3v) is 4.97. The van der Waals surface area contributed by atoms with E-state index in [2.05, 4.69) is 35.7 Å². The van der Waals surface area contributed by atoms with Crippen LogP contribution in [0.5, 0.6) is 0 Å². The van der Waals surface area contributed by atoms with Crippen LogP contribution in [0.25, 0.3) is 0 Å². The first-order valence-electron chi connectivity index (χ1n) is 9.71. The van der Waals surface area contributed by atoms with Gasteiger partial charge in [-0.15, -0.1) is 10.2 Å². The van der Waals surface area contributed by atoms with Gasteiger partial charge in [0.2, 0.25) is 5.91 Å². The van der Waals surface area contributed by atoms with Gasteiger partial charge in [0.1, 0.15) is 5.82 Å². The molecule has 0 bridgehead atoms. The highest BCUT2D eigenvalue weighted by molar-refractivity contribution is 5.79. The van der Waals surface area contributed by atoms with Crippen LogP contribution in [-0.2, 0) is 11.3 Å². The Morgan fingerprint density at radius 2 is 1.83 bits per heavy atom. The molecule has 8 nitrogen and oxygen atoms in total. The van der Waals surface area contributed by atoms with Gasteiger partial charge in [0, 0.05) is 37.9 Å². The minimum atomic E-state index is 0.0421. The number of hydrogen-bond acceptors (Lipinski definition) is 7. The van der Waals surface area contributed by atoms with Gasteiger partial charge in [-0.25, -0.2) is 4.98 Å².